The van der Waals surface area contributed by atoms with E-state index in [2.05, 4.69) is 44.2 Å². The summed E-state index contributed by atoms with van der Waals surface area (Å²) in [6.45, 7) is 6.09. The lowest BCUT2D eigenvalue weighted by molar-refractivity contribution is -0.139. The number of benzene rings is 1. The van der Waals surface area contributed by atoms with E-state index in [0.717, 1.165) is 24.8 Å². The van der Waals surface area contributed by atoms with E-state index in [0.29, 0.717) is 6.61 Å². The highest BCUT2D eigenvalue weighted by molar-refractivity contribution is 5.66. The second-order valence-electron chi connectivity index (χ2n) is 4.43. The summed E-state index contributed by atoms with van der Waals surface area (Å²) in [6.07, 6.45) is 5.27. The van der Waals surface area contributed by atoms with Gasteiger partial charge in [-0.05, 0) is 29.5 Å². The van der Waals surface area contributed by atoms with Gasteiger partial charge in [-0.3, -0.25) is 4.79 Å². The average Bonchev–Trinajstić information content (AvgIpc) is 2.35. The fraction of sp³-hybridized carbons (Fsp3) is 0.438. The number of hydrogen-bond donors (Lipinski definition) is 0. The highest BCUT2D eigenvalue weighted by Crippen LogP contribution is 2.13. The first-order chi connectivity index (χ1) is 8.65. The zero-order chi connectivity index (χ0) is 13.4. The summed E-state index contributed by atoms with van der Waals surface area (Å²) in [4.78, 5) is 10.8. The molecule has 0 aliphatic rings. The predicted octanol–water partition coefficient (Wildman–Crippen LogP) is 4.00. The Morgan fingerprint density at radius 2 is 2.11 bits per heavy atom. The number of ether oxygens (including phenoxy) is 1. The van der Waals surface area contributed by atoms with Crippen LogP contribution in [0.5, 0.6) is 0 Å². The minimum Gasteiger partial charge on any atom is -0.461 e. The van der Waals surface area contributed by atoms with E-state index in [1.807, 2.05) is 0 Å². The smallest absolute Gasteiger partial charge is 0.302 e. The average molecular weight is 246 g/mol. The molecule has 2 heteroatoms. The van der Waals surface area contributed by atoms with E-state index in [9.17, 15) is 4.79 Å². The number of carbonyl (C=O) groups excluding carboxylic acids is 1. The van der Waals surface area contributed by atoms with Crippen molar-refractivity contribution in [3.05, 3.63) is 41.0 Å². The fourth-order valence-corrected chi connectivity index (χ4v) is 1.80. The van der Waals surface area contributed by atoms with Crippen molar-refractivity contribution in [2.75, 3.05) is 6.61 Å². The second kappa shape index (κ2) is 7.70. The van der Waals surface area contributed by atoms with E-state index in [1.54, 1.807) is 0 Å². The molecule has 98 valence electrons. The van der Waals surface area contributed by atoms with Gasteiger partial charge in [-0.25, -0.2) is 0 Å². The zero-order valence-electron chi connectivity index (χ0n) is 11.5. The molecule has 0 unspecified atom stereocenters. The van der Waals surface area contributed by atoms with Gasteiger partial charge in [-0.15, -0.1) is 0 Å². The normalized spacial score (nSPS) is 11.4. The van der Waals surface area contributed by atoms with Gasteiger partial charge in [0.15, 0.2) is 0 Å². The fourth-order valence-electron chi connectivity index (χ4n) is 1.80. The molecule has 1 aromatic carbocycles. The van der Waals surface area contributed by atoms with Crippen LogP contribution in [-0.4, -0.2) is 12.6 Å². The van der Waals surface area contributed by atoms with Crippen LogP contribution < -0.4 is 0 Å². The van der Waals surface area contributed by atoms with Crippen LogP contribution in [0.25, 0.3) is 6.08 Å². The van der Waals surface area contributed by atoms with Crippen LogP contribution in [0.15, 0.2) is 29.8 Å². The summed E-state index contributed by atoms with van der Waals surface area (Å²) in [7, 11) is 0. The first kappa shape index (κ1) is 14.5. The highest BCUT2D eigenvalue weighted by atomic mass is 16.5. The van der Waals surface area contributed by atoms with Crippen molar-refractivity contribution in [2.24, 2.45) is 0 Å². The summed E-state index contributed by atoms with van der Waals surface area (Å²) in [6, 6.07) is 8.52. The molecule has 0 radical (unpaired) electrons. The SMILES string of the molecule is CCCc1cccc(/C=C(\CC)COC(C)=O)c1. The lowest BCUT2D eigenvalue weighted by Crippen LogP contribution is -2.02. The molecule has 1 aromatic rings. The molecular formula is C16H22O2. The van der Waals surface area contributed by atoms with Crippen LogP contribution in [0.3, 0.4) is 0 Å². The van der Waals surface area contributed by atoms with Gasteiger partial charge in [-0.2, -0.15) is 0 Å². The Balaban J connectivity index is 2.77. The van der Waals surface area contributed by atoms with Crippen molar-refractivity contribution in [3.63, 3.8) is 0 Å². The lowest BCUT2D eigenvalue weighted by Gasteiger charge is -2.06. The molecule has 0 aliphatic heterocycles. The first-order valence-electron chi connectivity index (χ1n) is 6.57. The Kier molecular flexibility index (Phi) is 6.20. The van der Waals surface area contributed by atoms with Gasteiger partial charge in [0.25, 0.3) is 0 Å². The van der Waals surface area contributed by atoms with Crippen LogP contribution in [0.4, 0.5) is 0 Å². The molecule has 0 saturated heterocycles. The molecule has 0 N–H and O–H groups in total. The third-order valence-electron chi connectivity index (χ3n) is 2.78. The van der Waals surface area contributed by atoms with Gasteiger partial charge < -0.3 is 4.74 Å². The van der Waals surface area contributed by atoms with E-state index in [1.165, 1.54) is 18.1 Å². The quantitative estimate of drug-likeness (QED) is 0.709. The monoisotopic (exact) mass is 246 g/mol. The molecule has 0 amide bonds. The van der Waals surface area contributed by atoms with Gasteiger partial charge in [0.2, 0.25) is 0 Å². The highest BCUT2D eigenvalue weighted by Gasteiger charge is 1.99. The van der Waals surface area contributed by atoms with E-state index in [4.69, 9.17) is 4.74 Å². The Labute approximate surface area is 110 Å². The number of carbonyl (C=O) groups is 1. The Morgan fingerprint density at radius 1 is 1.33 bits per heavy atom. The summed E-state index contributed by atoms with van der Waals surface area (Å²) in [5.41, 5.74) is 3.68. The molecule has 18 heavy (non-hydrogen) atoms. The van der Waals surface area contributed by atoms with Gasteiger partial charge in [0, 0.05) is 6.92 Å². The van der Waals surface area contributed by atoms with Crippen LogP contribution in [-0.2, 0) is 16.0 Å². The second-order valence-corrected chi connectivity index (χ2v) is 4.43. The third kappa shape index (κ3) is 5.17. The van der Waals surface area contributed by atoms with Crippen LogP contribution in [0.1, 0.15) is 44.7 Å². The molecule has 0 spiro atoms. The molecule has 2 nitrogen and oxygen atoms in total. The maximum absolute atomic E-state index is 10.8. The molecule has 0 aromatic heterocycles. The molecule has 0 saturated carbocycles. The largest absolute Gasteiger partial charge is 0.461 e. The van der Waals surface area contributed by atoms with Crippen LogP contribution in [0, 0.1) is 0 Å². The molecular weight excluding hydrogens is 224 g/mol. The van der Waals surface area contributed by atoms with Crippen molar-refractivity contribution >= 4 is 12.0 Å². The van der Waals surface area contributed by atoms with E-state index < -0.39 is 0 Å². The standard InChI is InChI=1S/C16H22O2/c1-4-7-15-8-6-9-16(11-15)10-14(5-2)12-18-13(3)17/h6,8-11H,4-5,7,12H2,1-3H3/b14-10+. The molecule has 0 heterocycles. The van der Waals surface area contributed by atoms with Gasteiger partial charge in [0.1, 0.15) is 6.61 Å². The summed E-state index contributed by atoms with van der Waals surface area (Å²) in [5.74, 6) is -0.228. The number of aryl methyl sites for hydroxylation is 1. The number of esters is 1. The zero-order valence-corrected chi connectivity index (χ0v) is 11.5. The van der Waals surface area contributed by atoms with Crippen molar-refractivity contribution in [2.45, 2.75) is 40.0 Å². The summed E-state index contributed by atoms with van der Waals surface area (Å²) in [5, 5.41) is 0. The number of rotatable bonds is 6. The third-order valence-corrected chi connectivity index (χ3v) is 2.78. The van der Waals surface area contributed by atoms with Crippen molar-refractivity contribution in [1.82, 2.24) is 0 Å². The number of hydrogen-bond acceptors (Lipinski definition) is 2. The summed E-state index contributed by atoms with van der Waals surface area (Å²) >= 11 is 0. The van der Waals surface area contributed by atoms with Crippen molar-refractivity contribution in [3.8, 4) is 0 Å². The lowest BCUT2D eigenvalue weighted by atomic mass is 10.0. The van der Waals surface area contributed by atoms with E-state index >= 15 is 0 Å². The maximum Gasteiger partial charge on any atom is 0.302 e. The van der Waals surface area contributed by atoms with Crippen molar-refractivity contribution < 1.29 is 9.53 Å². The summed E-state index contributed by atoms with van der Waals surface area (Å²) < 4.78 is 5.04. The molecule has 0 atom stereocenters. The van der Waals surface area contributed by atoms with Crippen LogP contribution in [0.2, 0.25) is 0 Å². The molecule has 0 fully saturated rings. The minimum atomic E-state index is -0.228. The maximum atomic E-state index is 10.8. The molecule has 0 bridgehead atoms. The topological polar surface area (TPSA) is 26.3 Å². The minimum absolute atomic E-state index is 0.228. The van der Waals surface area contributed by atoms with Gasteiger partial charge in [0.05, 0.1) is 0 Å². The predicted molar refractivity (Wildman–Crippen MR) is 75.3 cm³/mol. The Bertz CT molecular complexity index is 419. The Morgan fingerprint density at radius 3 is 2.72 bits per heavy atom. The van der Waals surface area contributed by atoms with Crippen molar-refractivity contribution in [1.29, 1.82) is 0 Å². The molecule has 0 aliphatic carbocycles. The Hall–Kier alpha value is -1.57. The van der Waals surface area contributed by atoms with Gasteiger partial charge >= 0.3 is 5.97 Å². The van der Waals surface area contributed by atoms with Crippen LogP contribution >= 0.6 is 0 Å². The first-order valence-corrected chi connectivity index (χ1v) is 6.57. The molecule has 1 rings (SSSR count). The van der Waals surface area contributed by atoms with E-state index in [-0.39, 0.29) is 5.97 Å². The van der Waals surface area contributed by atoms with Gasteiger partial charge in [-0.1, -0.05) is 50.6 Å².